The topological polar surface area (TPSA) is 50.5 Å². The number of aromatic nitrogens is 1. The number of nitrogens with one attached hydrogen (secondary N) is 1. The normalized spacial score (nSPS) is 29.3. The number of piperidine rings is 3. The Morgan fingerprint density at radius 2 is 2.00 bits per heavy atom. The molecule has 0 amide bonds. The number of nitrogens with zero attached hydrogens (tertiary/aromatic N) is 2. The van der Waals surface area contributed by atoms with Gasteiger partial charge in [0, 0.05) is 11.6 Å². The Bertz CT molecular complexity index is 857. The van der Waals surface area contributed by atoms with Crippen LogP contribution in [0.1, 0.15) is 25.7 Å². The molecule has 3 aliphatic heterocycles. The summed E-state index contributed by atoms with van der Waals surface area (Å²) in [7, 11) is 0. The van der Waals surface area contributed by atoms with Gasteiger partial charge in [0.25, 0.3) is 0 Å². The second kappa shape index (κ2) is 5.42. The van der Waals surface area contributed by atoms with Gasteiger partial charge >= 0.3 is 6.36 Å². The summed E-state index contributed by atoms with van der Waals surface area (Å²) in [6.07, 6.45) is -0.310. The molecule has 2 bridgehead atoms. The van der Waals surface area contributed by atoms with Gasteiger partial charge < -0.3 is 14.6 Å². The first-order valence-corrected chi connectivity index (χ1v) is 9.10. The van der Waals surface area contributed by atoms with Crippen molar-refractivity contribution in [3.8, 4) is 5.75 Å². The Labute approximate surface area is 152 Å². The van der Waals surface area contributed by atoms with Crippen LogP contribution in [0.25, 0.3) is 11.0 Å². The highest BCUT2D eigenvalue weighted by molar-refractivity contribution is 6.33. The summed E-state index contributed by atoms with van der Waals surface area (Å²) in [6, 6.07) is 3.22. The smallest absolute Gasteiger partial charge is 0.400 e. The fourth-order valence-electron chi connectivity index (χ4n) is 4.74. The Balaban J connectivity index is 1.50. The molecular formula is C17H17ClF3N3O2. The van der Waals surface area contributed by atoms with Crippen molar-refractivity contribution in [2.75, 3.05) is 18.4 Å². The van der Waals surface area contributed by atoms with E-state index >= 15 is 0 Å². The van der Waals surface area contributed by atoms with Crippen LogP contribution in [0.4, 0.5) is 19.0 Å². The van der Waals surface area contributed by atoms with E-state index in [2.05, 4.69) is 20.1 Å². The SMILES string of the molecule is FC(F)(F)Oc1c(Cl)ccc2c(NC3C4CCN(CC4)C34CC4)noc12. The van der Waals surface area contributed by atoms with Crippen LogP contribution in [-0.2, 0) is 0 Å². The molecule has 26 heavy (non-hydrogen) atoms. The summed E-state index contributed by atoms with van der Waals surface area (Å²) >= 11 is 5.88. The molecule has 1 aromatic carbocycles. The van der Waals surface area contributed by atoms with E-state index in [1.54, 1.807) is 6.07 Å². The van der Waals surface area contributed by atoms with Gasteiger partial charge in [-0.15, -0.1) is 13.2 Å². The molecule has 4 aliphatic rings. The highest BCUT2D eigenvalue weighted by Gasteiger charge is 2.60. The average molecular weight is 388 g/mol. The maximum Gasteiger partial charge on any atom is 0.573 e. The minimum atomic E-state index is -4.85. The van der Waals surface area contributed by atoms with Crippen molar-refractivity contribution in [3.63, 3.8) is 0 Å². The minimum Gasteiger partial charge on any atom is -0.400 e. The van der Waals surface area contributed by atoms with Gasteiger partial charge in [0.1, 0.15) is 0 Å². The fourth-order valence-corrected chi connectivity index (χ4v) is 4.93. The van der Waals surface area contributed by atoms with E-state index in [-0.39, 0.29) is 22.2 Å². The van der Waals surface area contributed by atoms with Crippen LogP contribution < -0.4 is 10.1 Å². The number of fused-ring (bicyclic) bond motifs is 3. The molecule has 1 spiro atoms. The standard InChI is InChI=1S/C17H17ClF3N3O2/c18-11-2-1-10-12(13(11)25-17(19,20)21)26-23-15(10)22-14-9-3-7-24(8-4-9)16(14)5-6-16/h1-2,9,14H,3-8H2,(H,22,23). The van der Waals surface area contributed by atoms with E-state index in [4.69, 9.17) is 16.1 Å². The summed E-state index contributed by atoms with van der Waals surface area (Å²) in [5.41, 5.74) is 0.0768. The molecule has 4 heterocycles. The summed E-state index contributed by atoms with van der Waals surface area (Å²) in [4.78, 5) is 2.54. The van der Waals surface area contributed by atoms with Crippen molar-refractivity contribution >= 4 is 28.4 Å². The van der Waals surface area contributed by atoms with E-state index in [9.17, 15) is 13.2 Å². The predicted molar refractivity (Wildman–Crippen MR) is 89.4 cm³/mol. The maximum absolute atomic E-state index is 12.7. The highest BCUT2D eigenvalue weighted by atomic mass is 35.5. The lowest BCUT2D eigenvalue weighted by Gasteiger charge is -2.52. The van der Waals surface area contributed by atoms with Crippen molar-refractivity contribution in [2.45, 2.75) is 43.6 Å². The molecule has 3 saturated heterocycles. The molecule has 0 radical (unpaired) electrons. The zero-order valence-corrected chi connectivity index (χ0v) is 14.5. The third-order valence-electron chi connectivity index (χ3n) is 6.04. The third kappa shape index (κ3) is 2.45. The molecule has 5 nitrogen and oxygen atoms in total. The van der Waals surface area contributed by atoms with Gasteiger partial charge in [0.2, 0.25) is 5.58 Å². The van der Waals surface area contributed by atoms with Crippen molar-refractivity contribution in [1.29, 1.82) is 0 Å². The van der Waals surface area contributed by atoms with Crippen molar-refractivity contribution in [1.82, 2.24) is 10.1 Å². The molecule has 6 rings (SSSR count). The first-order chi connectivity index (χ1) is 12.4. The molecule has 1 unspecified atom stereocenters. The minimum absolute atomic E-state index is 0.0940. The predicted octanol–water partition coefficient (Wildman–Crippen LogP) is 4.42. The summed E-state index contributed by atoms with van der Waals surface area (Å²) < 4.78 is 47.3. The number of rotatable bonds is 3. The van der Waals surface area contributed by atoms with Gasteiger partial charge in [-0.3, -0.25) is 4.90 Å². The first kappa shape index (κ1) is 16.5. The lowest BCUT2D eigenvalue weighted by Crippen LogP contribution is -2.62. The zero-order valence-electron chi connectivity index (χ0n) is 13.8. The number of anilines is 1. The Kier molecular flexibility index (Phi) is 3.44. The summed E-state index contributed by atoms with van der Waals surface area (Å²) in [6.45, 7) is 2.25. The van der Waals surface area contributed by atoms with Crippen LogP contribution in [0, 0.1) is 5.92 Å². The van der Waals surface area contributed by atoms with E-state index in [1.165, 1.54) is 6.07 Å². The van der Waals surface area contributed by atoms with Gasteiger partial charge in [-0.25, -0.2) is 0 Å². The van der Waals surface area contributed by atoms with Crippen LogP contribution in [0.5, 0.6) is 5.75 Å². The maximum atomic E-state index is 12.7. The van der Waals surface area contributed by atoms with Crippen LogP contribution in [-0.4, -0.2) is 41.1 Å². The van der Waals surface area contributed by atoms with E-state index in [1.807, 2.05) is 0 Å². The Morgan fingerprint density at radius 3 is 2.65 bits per heavy atom. The molecule has 140 valence electrons. The van der Waals surface area contributed by atoms with Crippen molar-refractivity contribution in [3.05, 3.63) is 17.2 Å². The van der Waals surface area contributed by atoms with Gasteiger partial charge in [-0.05, 0) is 56.8 Å². The first-order valence-electron chi connectivity index (χ1n) is 8.73. The molecule has 1 aliphatic carbocycles. The number of benzene rings is 1. The fraction of sp³-hybridized carbons (Fsp3) is 0.588. The number of hydrogen-bond acceptors (Lipinski definition) is 5. The van der Waals surface area contributed by atoms with Crippen molar-refractivity contribution < 1.29 is 22.4 Å². The van der Waals surface area contributed by atoms with Gasteiger partial charge in [-0.2, -0.15) is 0 Å². The second-order valence-electron chi connectivity index (χ2n) is 7.38. The Hall–Kier alpha value is -1.67. The van der Waals surface area contributed by atoms with Crippen LogP contribution in [0.2, 0.25) is 5.02 Å². The molecular weight excluding hydrogens is 371 g/mol. The molecule has 1 N–H and O–H groups in total. The van der Waals surface area contributed by atoms with Gasteiger partial charge in [-0.1, -0.05) is 16.8 Å². The number of alkyl halides is 3. The monoisotopic (exact) mass is 387 g/mol. The van der Waals surface area contributed by atoms with Crippen molar-refractivity contribution in [2.24, 2.45) is 5.92 Å². The summed E-state index contributed by atoms with van der Waals surface area (Å²) in [5.74, 6) is 0.452. The zero-order chi connectivity index (χ0) is 18.1. The molecule has 1 aromatic heterocycles. The Morgan fingerprint density at radius 1 is 1.27 bits per heavy atom. The number of ether oxygens (including phenoxy) is 1. The second-order valence-corrected chi connectivity index (χ2v) is 7.79. The lowest BCUT2D eigenvalue weighted by atomic mass is 9.77. The molecule has 4 fully saturated rings. The van der Waals surface area contributed by atoms with E-state index < -0.39 is 12.1 Å². The highest BCUT2D eigenvalue weighted by Crippen LogP contribution is 2.55. The quantitative estimate of drug-likeness (QED) is 0.845. The van der Waals surface area contributed by atoms with Gasteiger partial charge in [0.15, 0.2) is 11.6 Å². The molecule has 2 aromatic rings. The molecule has 9 heteroatoms. The number of hydrogen-bond donors (Lipinski definition) is 1. The van der Waals surface area contributed by atoms with Gasteiger partial charge in [0.05, 0.1) is 10.4 Å². The third-order valence-corrected chi connectivity index (χ3v) is 6.34. The van der Waals surface area contributed by atoms with Crippen LogP contribution in [0.15, 0.2) is 16.7 Å². The number of halogens is 4. The molecule has 1 saturated carbocycles. The van der Waals surface area contributed by atoms with E-state index in [0.717, 1.165) is 38.8 Å². The lowest BCUT2D eigenvalue weighted by molar-refractivity contribution is -0.274. The molecule has 1 atom stereocenters. The van der Waals surface area contributed by atoms with Crippen LogP contribution >= 0.6 is 11.6 Å². The van der Waals surface area contributed by atoms with Crippen LogP contribution in [0.3, 0.4) is 0 Å². The summed E-state index contributed by atoms with van der Waals surface area (Å²) in [5, 5.41) is 7.74. The average Bonchev–Trinajstić information content (AvgIpc) is 3.27. The van der Waals surface area contributed by atoms with E-state index in [0.29, 0.717) is 17.1 Å². The largest absolute Gasteiger partial charge is 0.573 e.